The monoisotopic (exact) mass is 272 g/mol. The summed E-state index contributed by atoms with van der Waals surface area (Å²) in [5.74, 6) is 1.20. The number of carbonyl (C=O) groups excluding carboxylic acids is 1. The molecule has 0 amide bonds. The molecule has 0 saturated heterocycles. The molecule has 1 aromatic rings. The van der Waals surface area contributed by atoms with Gasteiger partial charge in [-0.1, -0.05) is 19.1 Å². The van der Waals surface area contributed by atoms with Gasteiger partial charge in [-0.15, -0.1) is 11.8 Å². The van der Waals surface area contributed by atoms with Crippen LogP contribution in [0.5, 0.6) is 0 Å². The van der Waals surface area contributed by atoms with Crippen molar-refractivity contribution in [2.24, 2.45) is 0 Å². The van der Waals surface area contributed by atoms with Crippen molar-refractivity contribution >= 4 is 27.9 Å². The molecule has 0 bridgehead atoms. The van der Waals surface area contributed by atoms with Crippen molar-refractivity contribution in [3.8, 4) is 0 Å². The lowest BCUT2D eigenvalue weighted by Crippen LogP contribution is -2.09. The van der Waals surface area contributed by atoms with Crippen LogP contribution in [0.3, 0.4) is 0 Å². The number of benzene rings is 1. The average molecular weight is 272 g/mol. The molecule has 3 nitrogen and oxygen atoms in total. The van der Waals surface area contributed by atoms with Gasteiger partial charge in [-0.25, -0.2) is 8.42 Å². The van der Waals surface area contributed by atoms with Gasteiger partial charge in [0.05, 0.1) is 5.75 Å². The molecule has 5 heteroatoms. The van der Waals surface area contributed by atoms with E-state index in [1.54, 1.807) is 24.8 Å². The molecule has 0 aliphatic carbocycles. The van der Waals surface area contributed by atoms with E-state index in [1.165, 1.54) is 0 Å². The Morgan fingerprint density at radius 3 is 2.76 bits per heavy atom. The van der Waals surface area contributed by atoms with E-state index < -0.39 is 9.84 Å². The van der Waals surface area contributed by atoms with Gasteiger partial charge in [0.15, 0.2) is 0 Å². The molecular weight excluding hydrogens is 256 g/mol. The predicted molar refractivity (Wildman–Crippen MR) is 71.5 cm³/mol. The fourth-order valence-corrected chi connectivity index (χ4v) is 3.26. The Morgan fingerprint density at radius 2 is 2.12 bits per heavy atom. The molecule has 0 aliphatic heterocycles. The number of hydrogen-bond acceptors (Lipinski definition) is 4. The molecule has 0 radical (unpaired) electrons. The molecular formula is C12H16O3S2. The lowest BCUT2D eigenvalue weighted by Gasteiger charge is -2.02. The minimum Gasteiger partial charge on any atom is -0.298 e. The van der Waals surface area contributed by atoms with Gasteiger partial charge < -0.3 is 0 Å². The van der Waals surface area contributed by atoms with Crippen LogP contribution < -0.4 is 0 Å². The minimum atomic E-state index is -2.86. The van der Waals surface area contributed by atoms with Gasteiger partial charge in [-0.05, 0) is 24.3 Å². The normalized spacial score (nSPS) is 11.4. The Labute approximate surface area is 107 Å². The molecule has 0 atom stereocenters. The smallest absolute Gasteiger partial charge is 0.150 e. The maximum Gasteiger partial charge on any atom is 0.150 e. The summed E-state index contributed by atoms with van der Waals surface area (Å²) < 4.78 is 22.5. The van der Waals surface area contributed by atoms with Crippen LogP contribution in [-0.2, 0) is 9.84 Å². The topological polar surface area (TPSA) is 51.2 Å². The lowest BCUT2D eigenvalue weighted by molar-refractivity contribution is 0.112. The standard InChI is InChI=1S/C12H16O3S2/c1-2-17(14,15)8-4-7-16-12-6-3-5-11(9-12)10-13/h3,5-6,9-10H,2,4,7-8H2,1H3. The second-order valence-electron chi connectivity index (χ2n) is 3.63. The van der Waals surface area contributed by atoms with Gasteiger partial charge in [0.25, 0.3) is 0 Å². The molecule has 0 N–H and O–H groups in total. The fourth-order valence-electron chi connectivity index (χ4n) is 1.29. The van der Waals surface area contributed by atoms with Gasteiger partial charge in [0, 0.05) is 16.2 Å². The van der Waals surface area contributed by atoms with Crippen LogP contribution >= 0.6 is 11.8 Å². The molecule has 1 rings (SSSR count). The zero-order chi connectivity index (χ0) is 12.7. The number of aldehydes is 1. The summed E-state index contributed by atoms with van der Waals surface area (Å²) in [4.78, 5) is 11.6. The lowest BCUT2D eigenvalue weighted by atomic mass is 10.2. The summed E-state index contributed by atoms with van der Waals surface area (Å²) >= 11 is 1.58. The van der Waals surface area contributed by atoms with Gasteiger partial charge in [-0.3, -0.25) is 4.79 Å². The van der Waals surface area contributed by atoms with Crippen LogP contribution in [0.1, 0.15) is 23.7 Å². The second-order valence-corrected chi connectivity index (χ2v) is 7.27. The molecule has 0 spiro atoms. The third-order valence-electron chi connectivity index (χ3n) is 2.30. The van der Waals surface area contributed by atoms with Crippen LogP contribution in [0.4, 0.5) is 0 Å². The average Bonchev–Trinajstić information content (AvgIpc) is 2.35. The van der Waals surface area contributed by atoms with E-state index in [9.17, 15) is 13.2 Å². The fraction of sp³-hybridized carbons (Fsp3) is 0.417. The highest BCUT2D eigenvalue weighted by atomic mass is 32.2. The molecule has 0 aliphatic rings. The number of carbonyl (C=O) groups is 1. The quantitative estimate of drug-likeness (QED) is 0.434. The van der Waals surface area contributed by atoms with Gasteiger partial charge in [0.1, 0.15) is 16.1 Å². The van der Waals surface area contributed by atoms with E-state index in [2.05, 4.69) is 0 Å². The summed E-state index contributed by atoms with van der Waals surface area (Å²) in [5.41, 5.74) is 0.649. The van der Waals surface area contributed by atoms with Gasteiger partial charge in [-0.2, -0.15) is 0 Å². The zero-order valence-corrected chi connectivity index (χ0v) is 11.4. The molecule has 17 heavy (non-hydrogen) atoms. The number of sulfone groups is 1. The minimum absolute atomic E-state index is 0.207. The zero-order valence-electron chi connectivity index (χ0n) is 9.76. The summed E-state index contributed by atoms with van der Waals surface area (Å²) in [5, 5.41) is 0. The molecule has 0 heterocycles. The first-order valence-electron chi connectivity index (χ1n) is 5.46. The first-order chi connectivity index (χ1) is 8.07. The van der Waals surface area contributed by atoms with E-state index in [4.69, 9.17) is 0 Å². The Kier molecular flexibility index (Phi) is 5.71. The van der Waals surface area contributed by atoms with Gasteiger partial charge >= 0.3 is 0 Å². The Bertz CT molecular complexity index is 466. The molecule has 0 fully saturated rings. The van der Waals surface area contributed by atoms with Crippen molar-refractivity contribution in [3.63, 3.8) is 0 Å². The highest BCUT2D eigenvalue weighted by molar-refractivity contribution is 7.99. The molecule has 94 valence electrons. The maximum absolute atomic E-state index is 11.3. The second kappa shape index (κ2) is 6.81. The number of rotatable bonds is 7. The van der Waals surface area contributed by atoms with Gasteiger partial charge in [0.2, 0.25) is 0 Å². The van der Waals surface area contributed by atoms with Crippen molar-refractivity contribution in [2.75, 3.05) is 17.3 Å². The third kappa shape index (κ3) is 5.37. The van der Waals surface area contributed by atoms with Crippen LogP contribution in [0.2, 0.25) is 0 Å². The Hall–Kier alpha value is -0.810. The maximum atomic E-state index is 11.3. The molecule has 0 aromatic heterocycles. The predicted octanol–water partition coefficient (Wildman–Crippen LogP) is 2.42. The van der Waals surface area contributed by atoms with E-state index in [-0.39, 0.29) is 11.5 Å². The molecule has 0 saturated carbocycles. The summed E-state index contributed by atoms with van der Waals surface area (Å²) in [7, 11) is -2.86. The van der Waals surface area contributed by atoms with Crippen LogP contribution in [0.15, 0.2) is 29.2 Å². The van der Waals surface area contributed by atoms with Crippen molar-refractivity contribution in [1.29, 1.82) is 0 Å². The third-order valence-corrected chi connectivity index (χ3v) is 5.17. The molecule has 0 unspecified atom stereocenters. The van der Waals surface area contributed by atoms with E-state index in [0.717, 1.165) is 16.9 Å². The largest absolute Gasteiger partial charge is 0.298 e. The summed E-state index contributed by atoms with van der Waals surface area (Å²) in [6.45, 7) is 1.66. The summed E-state index contributed by atoms with van der Waals surface area (Å²) in [6, 6.07) is 7.31. The SMILES string of the molecule is CCS(=O)(=O)CCCSc1cccc(C=O)c1. The van der Waals surface area contributed by atoms with Crippen LogP contribution in [0.25, 0.3) is 0 Å². The number of hydrogen-bond donors (Lipinski definition) is 0. The van der Waals surface area contributed by atoms with E-state index in [1.807, 2.05) is 18.2 Å². The molecule has 1 aromatic carbocycles. The number of thioether (sulfide) groups is 1. The van der Waals surface area contributed by atoms with Crippen molar-refractivity contribution in [1.82, 2.24) is 0 Å². The Balaban J connectivity index is 2.38. The Morgan fingerprint density at radius 1 is 1.35 bits per heavy atom. The van der Waals surface area contributed by atoms with E-state index >= 15 is 0 Å². The first-order valence-corrected chi connectivity index (χ1v) is 8.26. The van der Waals surface area contributed by atoms with Crippen molar-refractivity contribution < 1.29 is 13.2 Å². The summed E-state index contributed by atoms with van der Waals surface area (Å²) in [6.07, 6.45) is 1.46. The van der Waals surface area contributed by atoms with E-state index in [0.29, 0.717) is 12.0 Å². The van der Waals surface area contributed by atoms with Crippen molar-refractivity contribution in [3.05, 3.63) is 29.8 Å². The highest BCUT2D eigenvalue weighted by Crippen LogP contribution is 2.19. The van der Waals surface area contributed by atoms with Crippen molar-refractivity contribution in [2.45, 2.75) is 18.2 Å². The van der Waals surface area contributed by atoms with Crippen LogP contribution in [0, 0.1) is 0 Å². The first kappa shape index (κ1) is 14.3. The van der Waals surface area contributed by atoms with Crippen LogP contribution in [-0.4, -0.2) is 32.0 Å². The highest BCUT2D eigenvalue weighted by Gasteiger charge is 2.06.